The zero-order chi connectivity index (χ0) is 23.0. The van der Waals surface area contributed by atoms with Gasteiger partial charge >= 0.3 is 18.5 Å². The van der Waals surface area contributed by atoms with Gasteiger partial charge in [-0.1, -0.05) is 7.92 Å². The lowest BCUT2D eigenvalue weighted by molar-refractivity contribution is -0.181. The molecule has 0 heterocycles. The van der Waals surface area contributed by atoms with Crippen molar-refractivity contribution in [2.75, 3.05) is 0 Å². The minimum atomic E-state index is -4.23. The van der Waals surface area contributed by atoms with Gasteiger partial charge in [-0.05, 0) is 94.0 Å². The van der Waals surface area contributed by atoms with E-state index in [1.807, 2.05) is 0 Å². The zero-order valence-electron chi connectivity index (χ0n) is 17.3. The summed E-state index contributed by atoms with van der Waals surface area (Å²) in [5, 5.41) is 0. The summed E-state index contributed by atoms with van der Waals surface area (Å²) in [6.45, 7) is 0. The van der Waals surface area contributed by atoms with Crippen molar-refractivity contribution in [1.82, 2.24) is 0 Å². The molecule has 0 amide bonds. The summed E-state index contributed by atoms with van der Waals surface area (Å²) in [6, 6.07) is 0. The average molecular weight is 484 g/mol. The first kappa shape index (κ1) is 25.4. The Kier molecular flexibility index (Phi) is 7.86. The Morgan fingerprint density at radius 1 is 0.355 bits per heavy atom. The second kappa shape index (κ2) is 9.58. The molecular formula is C21H30F9P. The van der Waals surface area contributed by atoms with Crippen molar-refractivity contribution in [3.8, 4) is 0 Å². The highest BCUT2D eigenvalue weighted by Gasteiger charge is 2.49. The Morgan fingerprint density at radius 2 is 0.548 bits per heavy atom. The zero-order valence-corrected chi connectivity index (χ0v) is 18.2. The van der Waals surface area contributed by atoms with E-state index < -0.39 is 44.2 Å². The Balaban J connectivity index is 1.69. The molecule has 3 aliphatic rings. The van der Waals surface area contributed by atoms with Gasteiger partial charge in [0.15, 0.2) is 0 Å². The van der Waals surface area contributed by atoms with Crippen molar-refractivity contribution in [2.45, 2.75) is 113 Å². The van der Waals surface area contributed by atoms with Gasteiger partial charge in [0.1, 0.15) is 0 Å². The molecule has 0 nitrogen and oxygen atoms in total. The average Bonchev–Trinajstić information content (AvgIpc) is 2.67. The van der Waals surface area contributed by atoms with E-state index in [0.717, 1.165) is 0 Å². The van der Waals surface area contributed by atoms with Crippen LogP contribution in [0.5, 0.6) is 0 Å². The highest BCUT2D eigenvalue weighted by Crippen LogP contribution is 2.64. The molecule has 3 rings (SSSR count). The van der Waals surface area contributed by atoms with Crippen LogP contribution >= 0.6 is 7.92 Å². The first-order valence-corrected chi connectivity index (χ1v) is 12.8. The Hall–Kier alpha value is -0.200. The SMILES string of the molecule is FC(F)(F)C1CCC(P(C2CCC(C(F)(F)F)CC2)C2CCC(C(F)(F)F)CC2)CC1. The van der Waals surface area contributed by atoms with Gasteiger partial charge in [-0.15, -0.1) is 0 Å². The first-order valence-electron chi connectivity index (χ1n) is 11.2. The van der Waals surface area contributed by atoms with Gasteiger partial charge in [0.2, 0.25) is 0 Å². The maximum atomic E-state index is 13.1. The summed E-state index contributed by atoms with van der Waals surface area (Å²) in [4.78, 5) is 0. The number of hydrogen-bond donors (Lipinski definition) is 0. The van der Waals surface area contributed by atoms with Crippen LogP contribution in [0.25, 0.3) is 0 Å². The second-order valence-electron chi connectivity index (χ2n) is 9.59. The molecule has 3 aliphatic carbocycles. The maximum Gasteiger partial charge on any atom is 0.391 e. The summed E-state index contributed by atoms with van der Waals surface area (Å²) >= 11 is 0. The highest BCUT2D eigenvalue weighted by atomic mass is 31.1. The lowest BCUT2D eigenvalue weighted by Crippen LogP contribution is -2.37. The van der Waals surface area contributed by atoms with Crippen LogP contribution in [-0.2, 0) is 0 Å². The lowest BCUT2D eigenvalue weighted by Gasteiger charge is -2.47. The van der Waals surface area contributed by atoms with Crippen LogP contribution in [0.2, 0.25) is 0 Å². The predicted molar refractivity (Wildman–Crippen MR) is 102 cm³/mol. The van der Waals surface area contributed by atoms with Gasteiger partial charge in [-0.25, -0.2) is 0 Å². The molecule has 182 valence electrons. The molecule has 31 heavy (non-hydrogen) atoms. The number of alkyl halides is 9. The molecule has 0 bridgehead atoms. The van der Waals surface area contributed by atoms with E-state index >= 15 is 0 Å². The van der Waals surface area contributed by atoms with Crippen LogP contribution < -0.4 is 0 Å². The van der Waals surface area contributed by atoms with Crippen molar-refractivity contribution in [2.24, 2.45) is 17.8 Å². The van der Waals surface area contributed by atoms with Gasteiger partial charge < -0.3 is 0 Å². The van der Waals surface area contributed by atoms with Crippen LogP contribution in [0, 0.1) is 17.8 Å². The molecule has 0 atom stereocenters. The molecule has 3 fully saturated rings. The summed E-state index contributed by atoms with van der Waals surface area (Å²) in [5.74, 6) is -3.99. The first-order chi connectivity index (χ1) is 14.3. The van der Waals surface area contributed by atoms with E-state index in [4.69, 9.17) is 0 Å². The summed E-state index contributed by atoms with van der Waals surface area (Å²) in [6.07, 6.45) is -10.1. The van der Waals surface area contributed by atoms with E-state index in [1.54, 1.807) is 0 Å². The minimum Gasteiger partial charge on any atom is -0.171 e. The molecule has 10 heteroatoms. The van der Waals surface area contributed by atoms with Crippen LogP contribution in [0.4, 0.5) is 39.5 Å². The Morgan fingerprint density at radius 3 is 0.710 bits per heavy atom. The summed E-state index contributed by atoms with van der Waals surface area (Å²) in [5.41, 5.74) is 0.107. The topological polar surface area (TPSA) is 0 Å². The molecule has 0 aromatic rings. The second-order valence-corrected chi connectivity index (χ2v) is 12.7. The minimum absolute atomic E-state index is 0.0305. The third-order valence-corrected chi connectivity index (χ3v) is 11.8. The molecule has 0 unspecified atom stereocenters. The van der Waals surface area contributed by atoms with E-state index in [1.165, 1.54) is 0 Å². The van der Waals surface area contributed by atoms with E-state index in [2.05, 4.69) is 0 Å². The van der Waals surface area contributed by atoms with Crippen molar-refractivity contribution in [1.29, 1.82) is 0 Å². The lowest BCUT2D eigenvalue weighted by atomic mass is 9.87. The fourth-order valence-corrected chi connectivity index (χ4v) is 10.5. The third-order valence-electron chi connectivity index (χ3n) is 7.74. The quantitative estimate of drug-likeness (QED) is 0.277. The number of hydrogen-bond acceptors (Lipinski definition) is 0. The van der Waals surface area contributed by atoms with Crippen LogP contribution in [0.3, 0.4) is 0 Å². The molecule has 0 saturated heterocycles. The van der Waals surface area contributed by atoms with Crippen molar-refractivity contribution >= 4 is 7.92 Å². The van der Waals surface area contributed by atoms with Crippen molar-refractivity contribution < 1.29 is 39.5 Å². The molecular weight excluding hydrogens is 454 g/mol. The third kappa shape index (κ3) is 6.44. The molecule has 0 aromatic carbocycles. The molecule has 0 radical (unpaired) electrons. The monoisotopic (exact) mass is 484 g/mol. The van der Waals surface area contributed by atoms with Gasteiger partial charge in [-0.2, -0.15) is 39.5 Å². The largest absolute Gasteiger partial charge is 0.391 e. The summed E-state index contributed by atoms with van der Waals surface area (Å²) < 4.78 is 118. The number of halogens is 9. The smallest absolute Gasteiger partial charge is 0.171 e. The number of rotatable bonds is 3. The normalized spacial score (nSPS) is 37.5. The maximum absolute atomic E-state index is 13.1. The Labute approximate surface area is 178 Å². The molecule has 0 N–H and O–H groups in total. The molecule has 0 spiro atoms. The van der Waals surface area contributed by atoms with Crippen LogP contribution in [0.1, 0.15) is 77.0 Å². The Bertz CT molecular complexity index is 478. The standard InChI is InChI=1S/C21H30F9P/c22-19(23,24)13-1-7-16(8-2-13)31(17-9-3-14(4-10-17)20(25,26)27)18-11-5-15(6-12-18)21(28,29)30/h13-18H,1-12H2. The van der Waals surface area contributed by atoms with E-state index in [0.29, 0.717) is 38.5 Å². The fourth-order valence-electron chi connectivity index (χ4n) is 6.00. The van der Waals surface area contributed by atoms with Gasteiger partial charge in [0.25, 0.3) is 0 Å². The van der Waals surface area contributed by atoms with Gasteiger partial charge in [0.05, 0.1) is 17.8 Å². The predicted octanol–water partition coefficient (Wildman–Crippen LogP) is 8.83. The summed E-state index contributed by atoms with van der Waals surface area (Å²) in [7, 11) is -0.882. The van der Waals surface area contributed by atoms with E-state index in [-0.39, 0.29) is 55.5 Å². The van der Waals surface area contributed by atoms with Gasteiger partial charge in [-0.3, -0.25) is 0 Å². The van der Waals surface area contributed by atoms with Crippen molar-refractivity contribution in [3.05, 3.63) is 0 Å². The van der Waals surface area contributed by atoms with Crippen LogP contribution in [-0.4, -0.2) is 35.5 Å². The molecule has 3 saturated carbocycles. The fraction of sp³-hybridized carbons (Fsp3) is 1.00. The highest BCUT2D eigenvalue weighted by molar-refractivity contribution is 7.60. The van der Waals surface area contributed by atoms with Crippen LogP contribution in [0.15, 0.2) is 0 Å². The molecule has 0 aromatic heterocycles. The van der Waals surface area contributed by atoms with Crippen molar-refractivity contribution in [3.63, 3.8) is 0 Å². The molecule has 0 aliphatic heterocycles. The van der Waals surface area contributed by atoms with Gasteiger partial charge in [0, 0.05) is 0 Å². The van der Waals surface area contributed by atoms with E-state index in [9.17, 15) is 39.5 Å².